The van der Waals surface area contributed by atoms with Crippen molar-refractivity contribution in [3.8, 4) is 33.4 Å². The maximum atomic E-state index is 7.68. The van der Waals surface area contributed by atoms with E-state index < -0.39 is 0 Å². The van der Waals surface area contributed by atoms with Gasteiger partial charge in [-0.1, -0.05) is 239 Å². The average Bonchev–Trinajstić information content (AvgIpc) is 1.60. The predicted octanol–water partition coefficient (Wildman–Crippen LogP) is 21.2. The van der Waals surface area contributed by atoms with Gasteiger partial charge >= 0.3 is 0 Å². The van der Waals surface area contributed by atoms with Crippen LogP contribution in [0.1, 0.15) is 31.9 Å². The van der Waals surface area contributed by atoms with Crippen molar-refractivity contribution in [3.05, 3.63) is 321 Å². The first-order valence-electron chi connectivity index (χ1n) is 30.9. The van der Waals surface area contributed by atoms with Crippen molar-refractivity contribution in [1.29, 1.82) is 0 Å². The number of anilines is 12. The normalized spacial score (nSPS) is 12.4. The average molecular weight is 1140 g/mol. The van der Waals surface area contributed by atoms with Gasteiger partial charge in [-0.2, -0.15) is 0 Å². The lowest BCUT2D eigenvalue weighted by Gasteiger charge is -2.45. The molecule has 1 aromatic heterocycles. The third kappa shape index (κ3) is 9.18. The van der Waals surface area contributed by atoms with Crippen LogP contribution in [0.15, 0.2) is 314 Å². The SMILES string of the molecule is Cc1cc(-c2cc3c4c(c2)N(c2ccccc2-c2ccccc2)c2cc(N(c5ccccc5)c5ccccc5)c5c(oc6ccccc65)c2B4c2ccc(N(c4ccccc4)c4ccccc4)cc2N3c2ccccc2-c2ccccc2)cc(C(C)(C)C)c1. The highest BCUT2D eigenvalue weighted by Gasteiger charge is 2.47. The molecule has 14 aromatic rings. The molecule has 0 spiro atoms. The smallest absolute Gasteiger partial charge is 0.257 e. The number of furan rings is 1. The molecular formula is C83H63BN4O. The Bertz CT molecular complexity index is 4870. The number of hydrogen-bond donors (Lipinski definition) is 0. The molecule has 89 heavy (non-hydrogen) atoms. The zero-order valence-corrected chi connectivity index (χ0v) is 50.2. The van der Waals surface area contributed by atoms with Crippen molar-refractivity contribution in [2.24, 2.45) is 0 Å². The van der Waals surface area contributed by atoms with E-state index in [1.807, 2.05) is 0 Å². The van der Waals surface area contributed by atoms with Crippen molar-refractivity contribution >= 4 is 113 Å². The van der Waals surface area contributed by atoms with E-state index in [1.54, 1.807) is 0 Å². The largest absolute Gasteiger partial charge is 0.456 e. The minimum absolute atomic E-state index is 0.106. The quantitative estimate of drug-likeness (QED) is 0.120. The van der Waals surface area contributed by atoms with E-state index in [2.05, 4.69) is 357 Å². The maximum Gasteiger partial charge on any atom is 0.257 e. The summed E-state index contributed by atoms with van der Waals surface area (Å²) in [6.45, 7) is 8.87. The molecule has 0 atom stereocenters. The van der Waals surface area contributed by atoms with Gasteiger partial charge in [-0.05, 0) is 154 Å². The van der Waals surface area contributed by atoms with Gasteiger partial charge in [0, 0.05) is 67.7 Å². The van der Waals surface area contributed by atoms with Gasteiger partial charge in [0.15, 0.2) is 0 Å². The summed E-state index contributed by atoms with van der Waals surface area (Å²) in [4.78, 5) is 10.0. The molecule has 3 heterocycles. The van der Waals surface area contributed by atoms with Crippen LogP contribution < -0.4 is 36.0 Å². The zero-order chi connectivity index (χ0) is 59.7. The molecule has 0 saturated heterocycles. The van der Waals surface area contributed by atoms with E-state index in [0.717, 1.165) is 129 Å². The highest BCUT2D eigenvalue weighted by atomic mass is 16.3. The third-order valence-electron chi connectivity index (χ3n) is 17.9. The molecule has 16 rings (SSSR count). The second-order valence-electron chi connectivity index (χ2n) is 24.5. The summed E-state index contributed by atoms with van der Waals surface area (Å²) in [7, 11) is 0. The molecular weight excluding hydrogens is 1080 g/mol. The Morgan fingerprint density at radius 1 is 0.348 bits per heavy atom. The number of nitrogens with zero attached hydrogens (tertiary/aromatic N) is 4. The van der Waals surface area contributed by atoms with Crippen molar-refractivity contribution in [2.75, 3.05) is 19.6 Å². The lowest BCUT2D eigenvalue weighted by atomic mass is 9.33. The molecule has 0 amide bonds. The third-order valence-corrected chi connectivity index (χ3v) is 17.9. The fraction of sp³-hybridized carbons (Fsp3) is 0.0602. The van der Waals surface area contributed by atoms with Gasteiger partial charge in [-0.3, -0.25) is 0 Å². The Labute approximate surface area is 521 Å². The van der Waals surface area contributed by atoms with Gasteiger partial charge in [0.05, 0.1) is 22.4 Å². The highest BCUT2D eigenvalue weighted by Crippen LogP contribution is 2.54. The van der Waals surface area contributed by atoms with Gasteiger partial charge in [0.25, 0.3) is 6.71 Å². The van der Waals surface area contributed by atoms with E-state index in [9.17, 15) is 0 Å². The number of aryl methyl sites for hydroxylation is 1. The van der Waals surface area contributed by atoms with Crippen LogP contribution in [0.2, 0.25) is 0 Å². The fourth-order valence-corrected chi connectivity index (χ4v) is 14.0. The second-order valence-corrected chi connectivity index (χ2v) is 24.5. The van der Waals surface area contributed by atoms with E-state index >= 15 is 0 Å². The Morgan fingerprint density at radius 3 is 1.34 bits per heavy atom. The summed E-state index contributed by atoms with van der Waals surface area (Å²) < 4.78 is 7.68. The van der Waals surface area contributed by atoms with Crippen LogP contribution in [0, 0.1) is 6.92 Å². The van der Waals surface area contributed by atoms with E-state index in [1.165, 1.54) is 22.1 Å². The van der Waals surface area contributed by atoms with Gasteiger partial charge < -0.3 is 24.0 Å². The summed E-state index contributed by atoms with van der Waals surface area (Å²) in [6, 6.07) is 113. The molecule has 2 aliphatic heterocycles. The lowest BCUT2D eigenvalue weighted by Crippen LogP contribution is -2.61. The van der Waals surface area contributed by atoms with Gasteiger partial charge in [-0.15, -0.1) is 0 Å². The maximum absolute atomic E-state index is 7.68. The van der Waals surface area contributed by atoms with Gasteiger partial charge in [-0.25, -0.2) is 0 Å². The fourth-order valence-electron chi connectivity index (χ4n) is 14.0. The molecule has 0 aliphatic carbocycles. The van der Waals surface area contributed by atoms with Crippen LogP contribution in [-0.4, -0.2) is 6.71 Å². The topological polar surface area (TPSA) is 26.1 Å². The Kier molecular flexibility index (Phi) is 13.0. The molecule has 0 radical (unpaired) electrons. The van der Waals surface area contributed by atoms with Crippen LogP contribution in [0.4, 0.5) is 68.2 Å². The number of benzene rings is 13. The first-order chi connectivity index (χ1) is 43.7. The standard InChI is InChI=1S/C83H63BN4O/c1-56-49-59(51-61(50-56)83(2,3)4)60-52-75-80-76(53-60)88(72-45-27-24-42-68(72)58-31-13-6-14-32-58)77-55-74(86(64-37-19-9-20-38-64)65-39-21-10-22-40-65)79-69-43-25-28-46-78(69)89-82(79)81(77)84(80)70-48-47-66(85(62-33-15-7-16-34-62)63-35-17-8-18-36-63)54-73(70)87(75)71-44-26-23-41-67(71)57-29-11-5-12-30-57/h5-55H,1-4H3. The summed E-state index contributed by atoms with van der Waals surface area (Å²) in [5.41, 5.74) is 27.0. The first-order valence-corrected chi connectivity index (χ1v) is 30.9. The summed E-state index contributed by atoms with van der Waals surface area (Å²) in [5, 5.41) is 2.10. The summed E-state index contributed by atoms with van der Waals surface area (Å²) in [5.74, 6) is 0. The molecule has 6 heteroatoms. The van der Waals surface area contributed by atoms with Crippen molar-refractivity contribution < 1.29 is 4.42 Å². The van der Waals surface area contributed by atoms with Crippen molar-refractivity contribution in [2.45, 2.75) is 33.1 Å². The van der Waals surface area contributed by atoms with Gasteiger partial charge in [0.2, 0.25) is 0 Å². The van der Waals surface area contributed by atoms with Crippen LogP contribution in [-0.2, 0) is 5.41 Å². The number of fused-ring (bicyclic) bond motifs is 8. The molecule has 13 aromatic carbocycles. The molecule has 424 valence electrons. The Morgan fingerprint density at radius 2 is 0.798 bits per heavy atom. The molecule has 0 bridgehead atoms. The zero-order valence-electron chi connectivity index (χ0n) is 50.2. The lowest BCUT2D eigenvalue weighted by molar-refractivity contribution is 0.590. The molecule has 0 saturated carbocycles. The van der Waals surface area contributed by atoms with Crippen LogP contribution >= 0.6 is 0 Å². The van der Waals surface area contributed by atoms with Gasteiger partial charge in [0.1, 0.15) is 11.2 Å². The predicted molar refractivity (Wildman–Crippen MR) is 377 cm³/mol. The number of hydrogen-bond acceptors (Lipinski definition) is 5. The first kappa shape index (κ1) is 53.4. The monoisotopic (exact) mass is 1140 g/mol. The Balaban J connectivity index is 1.10. The molecule has 0 N–H and O–H groups in total. The highest BCUT2D eigenvalue weighted by molar-refractivity contribution is 7.01. The summed E-state index contributed by atoms with van der Waals surface area (Å²) >= 11 is 0. The number of para-hydroxylation sites is 7. The molecule has 2 aliphatic rings. The van der Waals surface area contributed by atoms with E-state index in [0.29, 0.717) is 0 Å². The van der Waals surface area contributed by atoms with Crippen LogP contribution in [0.3, 0.4) is 0 Å². The van der Waals surface area contributed by atoms with Crippen molar-refractivity contribution in [1.82, 2.24) is 0 Å². The van der Waals surface area contributed by atoms with E-state index in [4.69, 9.17) is 4.42 Å². The second kappa shape index (κ2) is 21.7. The number of rotatable bonds is 11. The minimum atomic E-state index is -0.336. The molecule has 0 unspecified atom stereocenters. The molecule has 5 nitrogen and oxygen atoms in total. The summed E-state index contributed by atoms with van der Waals surface area (Å²) in [6.07, 6.45) is 0. The van der Waals surface area contributed by atoms with Crippen LogP contribution in [0.5, 0.6) is 0 Å². The molecule has 0 fully saturated rings. The Hall–Kier alpha value is -11.1. The minimum Gasteiger partial charge on any atom is -0.456 e. The van der Waals surface area contributed by atoms with Crippen LogP contribution in [0.25, 0.3) is 55.3 Å². The van der Waals surface area contributed by atoms with E-state index in [-0.39, 0.29) is 12.1 Å². The van der Waals surface area contributed by atoms with Crippen molar-refractivity contribution in [3.63, 3.8) is 0 Å².